The van der Waals surface area contributed by atoms with Crippen LogP contribution in [-0.2, 0) is 16.2 Å². The molecule has 1 amide bonds. The Kier molecular flexibility index (Phi) is 4.46. The van der Waals surface area contributed by atoms with E-state index < -0.39 is 0 Å². The number of hydrogen-bond acceptors (Lipinski definition) is 6. The van der Waals surface area contributed by atoms with Crippen LogP contribution < -0.4 is 5.56 Å². The third-order valence-electron chi connectivity index (χ3n) is 4.85. The molecule has 8 heteroatoms. The van der Waals surface area contributed by atoms with Crippen LogP contribution in [0.1, 0.15) is 12.8 Å². The van der Waals surface area contributed by atoms with Gasteiger partial charge >= 0.3 is 0 Å². The van der Waals surface area contributed by atoms with Gasteiger partial charge in [-0.15, -0.1) is 5.10 Å². The summed E-state index contributed by atoms with van der Waals surface area (Å²) in [4.78, 5) is 28.8. The van der Waals surface area contributed by atoms with Crippen LogP contribution in [-0.4, -0.2) is 69.6 Å². The van der Waals surface area contributed by atoms with Gasteiger partial charge in [-0.1, -0.05) is 17.3 Å². The van der Waals surface area contributed by atoms with E-state index in [0.717, 1.165) is 12.8 Å². The molecule has 1 aromatic heterocycles. The van der Waals surface area contributed by atoms with E-state index >= 15 is 0 Å². The number of hydrogen-bond donors (Lipinski definition) is 0. The average molecular weight is 343 g/mol. The van der Waals surface area contributed by atoms with Crippen molar-refractivity contribution in [3.63, 3.8) is 0 Å². The number of ether oxygens (including phenoxy) is 1. The maximum absolute atomic E-state index is 12.5. The first kappa shape index (κ1) is 16.2. The molecule has 2 aromatic rings. The predicted molar refractivity (Wildman–Crippen MR) is 90.9 cm³/mol. The van der Waals surface area contributed by atoms with Gasteiger partial charge < -0.3 is 9.64 Å². The molecule has 1 atom stereocenters. The number of piperazine rings is 1. The van der Waals surface area contributed by atoms with Crippen LogP contribution in [0.25, 0.3) is 10.9 Å². The van der Waals surface area contributed by atoms with Gasteiger partial charge in [-0.05, 0) is 25.0 Å². The summed E-state index contributed by atoms with van der Waals surface area (Å²) in [5.41, 5.74) is 0.471. The normalized spacial score (nSPS) is 21.8. The number of rotatable bonds is 3. The Morgan fingerprint density at radius 3 is 2.76 bits per heavy atom. The first-order valence-corrected chi connectivity index (χ1v) is 8.68. The molecule has 4 rings (SSSR count). The van der Waals surface area contributed by atoms with Crippen LogP contribution in [0.3, 0.4) is 0 Å². The number of nitrogens with zero attached hydrogens (tertiary/aromatic N) is 5. The fraction of sp³-hybridized carbons (Fsp3) is 0.529. The summed E-state index contributed by atoms with van der Waals surface area (Å²) < 4.78 is 6.87. The second kappa shape index (κ2) is 6.89. The van der Waals surface area contributed by atoms with Crippen LogP contribution in [0.2, 0.25) is 0 Å². The second-order valence-corrected chi connectivity index (χ2v) is 6.50. The van der Waals surface area contributed by atoms with Crippen LogP contribution in [0.5, 0.6) is 0 Å². The molecule has 0 spiro atoms. The maximum Gasteiger partial charge on any atom is 0.278 e. The van der Waals surface area contributed by atoms with Crippen LogP contribution >= 0.6 is 0 Å². The number of benzene rings is 1. The number of carbonyl (C=O) groups is 1. The minimum absolute atomic E-state index is 0.0970. The van der Waals surface area contributed by atoms with E-state index in [4.69, 9.17) is 4.74 Å². The van der Waals surface area contributed by atoms with Crippen molar-refractivity contribution in [2.45, 2.75) is 25.6 Å². The van der Waals surface area contributed by atoms with E-state index in [1.54, 1.807) is 12.1 Å². The highest BCUT2D eigenvalue weighted by Gasteiger charge is 2.30. The van der Waals surface area contributed by atoms with Gasteiger partial charge in [0.15, 0.2) is 0 Å². The molecule has 3 heterocycles. The van der Waals surface area contributed by atoms with E-state index in [2.05, 4.69) is 15.2 Å². The van der Waals surface area contributed by atoms with Crippen molar-refractivity contribution in [2.24, 2.45) is 0 Å². The molecular formula is C17H21N5O3. The van der Waals surface area contributed by atoms with Gasteiger partial charge in [0.1, 0.15) is 11.6 Å². The van der Waals surface area contributed by atoms with E-state index in [0.29, 0.717) is 50.4 Å². The zero-order valence-electron chi connectivity index (χ0n) is 14.0. The van der Waals surface area contributed by atoms with Gasteiger partial charge in [0.05, 0.1) is 12.1 Å². The third-order valence-corrected chi connectivity index (χ3v) is 4.85. The van der Waals surface area contributed by atoms with Gasteiger partial charge in [0.25, 0.3) is 11.5 Å². The summed E-state index contributed by atoms with van der Waals surface area (Å²) in [5, 5.41) is 8.71. The lowest BCUT2D eigenvalue weighted by atomic mass is 10.2. The van der Waals surface area contributed by atoms with Crippen molar-refractivity contribution in [3.05, 3.63) is 34.6 Å². The largest absolute Gasteiger partial charge is 0.368 e. The fourth-order valence-corrected chi connectivity index (χ4v) is 3.39. The summed E-state index contributed by atoms with van der Waals surface area (Å²) in [7, 11) is 0. The Morgan fingerprint density at radius 2 is 2.00 bits per heavy atom. The topological polar surface area (TPSA) is 80.6 Å². The SMILES string of the molecule is O=C(C1CCCO1)N1CCN(Cn2nnc3ccccc3c2=O)CC1. The molecular weight excluding hydrogens is 322 g/mol. The second-order valence-electron chi connectivity index (χ2n) is 6.50. The number of amides is 1. The standard InChI is InChI=1S/C17H21N5O3/c23-16-13-4-1-2-5-14(13)18-19-22(16)12-20-7-9-21(10-8-20)17(24)15-6-3-11-25-15/h1-2,4-5,15H,3,6-12H2. The van der Waals surface area contributed by atoms with E-state index in [1.807, 2.05) is 17.0 Å². The third kappa shape index (κ3) is 3.27. The zero-order valence-corrected chi connectivity index (χ0v) is 14.0. The van der Waals surface area contributed by atoms with Gasteiger partial charge in [0, 0.05) is 32.8 Å². The van der Waals surface area contributed by atoms with E-state index in [9.17, 15) is 9.59 Å². The Labute approximate surface area is 145 Å². The molecule has 2 aliphatic heterocycles. The molecule has 0 saturated carbocycles. The molecule has 8 nitrogen and oxygen atoms in total. The van der Waals surface area contributed by atoms with Gasteiger partial charge in [-0.2, -0.15) is 4.68 Å². The molecule has 2 fully saturated rings. The molecule has 1 aromatic carbocycles. The first-order valence-electron chi connectivity index (χ1n) is 8.68. The van der Waals surface area contributed by atoms with Gasteiger partial charge in [-0.25, -0.2) is 0 Å². The summed E-state index contributed by atoms with van der Waals surface area (Å²) in [6, 6.07) is 7.21. The fourth-order valence-electron chi connectivity index (χ4n) is 3.39. The van der Waals surface area contributed by atoms with Crippen molar-refractivity contribution in [3.8, 4) is 0 Å². The van der Waals surface area contributed by atoms with Crippen molar-refractivity contribution in [2.75, 3.05) is 32.8 Å². The highest BCUT2D eigenvalue weighted by Crippen LogP contribution is 2.16. The van der Waals surface area contributed by atoms with Crippen molar-refractivity contribution < 1.29 is 9.53 Å². The first-order chi connectivity index (χ1) is 12.2. The molecule has 132 valence electrons. The minimum Gasteiger partial charge on any atom is -0.368 e. The lowest BCUT2D eigenvalue weighted by Gasteiger charge is -2.35. The molecule has 0 N–H and O–H groups in total. The van der Waals surface area contributed by atoms with Gasteiger partial charge in [-0.3, -0.25) is 14.5 Å². The number of fused-ring (bicyclic) bond motifs is 1. The summed E-state index contributed by atoms with van der Waals surface area (Å²) in [5.74, 6) is 0.0970. The lowest BCUT2D eigenvalue weighted by Crippen LogP contribution is -2.52. The average Bonchev–Trinajstić information content (AvgIpc) is 3.19. The maximum atomic E-state index is 12.5. The van der Waals surface area contributed by atoms with Crippen LogP contribution in [0.15, 0.2) is 29.1 Å². The highest BCUT2D eigenvalue weighted by molar-refractivity contribution is 5.81. The molecule has 2 aliphatic rings. The Morgan fingerprint density at radius 1 is 1.20 bits per heavy atom. The summed E-state index contributed by atoms with van der Waals surface area (Å²) >= 11 is 0. The molecule has 0 aliphatic carbocycles. The Bertz CT molecular complexity index is 822. The van der Waals surface area contributed by atoms with Crippen molar-refractivity contribution >= 4 is 16.8 Å². The number of aromatic nitrogens is 3. The van der Waals surface area contributed by atoms with Crippen LogP contribution in [0, 0.1) is 0 Å². The smallest absolute Gasteiger partial charge is 0.278 e. The summed E-state index contributed by atoms with van der Waals surface area (Å²) in [6.45, 7) is 3.78. The minimum atomic E-state index is -0.263. The van der Waals surface area contributed by atoms with Crippen molar-refractivity contribution in [1.82, 2.24) is 24.8 Å². The van der Waals surface area contributed by atoms with Gasteiger partial charge in [0.2, 0.25) is 0 Å². The Balaban J connectivity index is 1.39. The molecule has 2 saturated heterocycles. The summed E-state index contributed by atoms with van der Waals surface area (Å²) in [6.07, 6.45) is 1.52. The number of carbonyl (C=O) groups excluding carboxylic acids is 1. The predicted octanol–water partition coefficient (Wildman–Crippen LogP) is 0.0722. The molecule has 25 heavy (non-hydrogen) atoms. The monoisotopic (exact) mass is 343 g/mol. The van der Waals surface area contributed by atoms with Crippen LogP contribution in [0.4, 0.5) is 0 Å². The quantitative estimate of drug-likeness (QED) is 0.785. The lowest BCUT2D eigenvalue weighted by molar-refractivity contribution is -0.142. The molecule has 0 bridgehead atoms. The molecule has 0 radical (unpaired) electrons. The van der Waals surface area contributed by atoms with E-state index in [1.165, 1.54) is 4.68 Å². The van der Waals surface area contributed by atoms with Crippen molar-refractivity contribution in [1.29, 1.82) is 0 Å². The highest BCUT2D eigenvalue weighted by atomic mass is 16.5. The molecule has 1 unspecified atom stereocenters. The zero-order chi connectivity index (χ0) is 17.2. The Hall–Kier alpha value is -2.32. The van der Waals surface area contributed by atoms with E-state index in [-0.39, 0.29) is 17.6 Å².